The topological polar surface area (TPSA) is 58.6 Å². The Morgan fingerprint density at radius 2 is 2.12 bits per heavy atom. The minimum absolute atomic E-state index is 0.0417. The SMILES string of the molecule is CCOc1ccccc1N1CC(C(=O)Nc2ccc(Cl)cc2F)CC1=O. The monoisotopic (exact) mass is 376 g/mol. The van der Waals surface area contributed by atoms with Crippen LogP contribution < -0.4 is 15.0 Å². The zero-order chi connectivity index (χ0) is 18.7. The largest absolute Gasteiger partial charge is 0.492 e. The molecule has 26 heavy (non-hydrogen) atoms. The van der Waals surface area contributed by atoms with E-state index >= 15 is 0 Å². The van der Waals surface area contributed by atoms with Crippen LogP contribution in [0.15, 0.2) is 42.5 Å². The summed E-state index contributed by atoms with van der Waals surface area (Å²) in [6.07, 6.45) is 0.0570. The van der Waals surface area contributed by atoms with Gasteiger partial charge in [-0.1, -0.05) is 23.7 Å². The molecule has 1 heterocycles. The number of ether oxygens (including phenoxy) is 1. The second-order valence-electron chi connectivity index (χ2n) is 5.92. The maximum atomic E-state index is 13.9. The molecule has 5 nitrogen and oxygen atoms in total. The van der Waals surface area contributed by atoms with Crippen LogP contribution in [0.25, 0.3) is 0 Å². The quantitative estimate of drug-likeness (QED) is 0.861. The number of carbonyl (C=O) groups is 2. The Hall–Kier alpha value is -2.60. The van der Waals surface area contributed by atoms with Crippen molar-refractivity contribution >= 4 is 34.8 Å². The van der Waals surface area contributed by atoms with Crippen molar-refractivity contribution in [1.82, 2.24) is 0 Å². The number of amides is 2. The number of nitrogens with one attached hydrogen (secondary N) is 1. The van der Waals surface area contributed by atoms with Crippen molar-refractivity contribution in [2.24, 2.45) is 5.92 Å². The maximum Gasteiger partial charge on any atom is 0.229 e. The Balaban J connectivity index is 1.74. The van der Waals surface area contributed by atoms with E-state index in [1.165, 1.54) is 17.0 Å². The van der Waals surface area contributed by atoms with Crippen molar-refractivity contribution in [3.8, 4) is 5.75 Å². The van der Waals surface area contributed by atoms with Crippen LogP contribution in [-0.2, 0) is 9.59 Å². The Morgan fingerprint density at radius 3 is 2.85 bits per heavy atom. The average Bonchev–Trinajstić information content (AvgIpc) is 3.00. The minimum Gasteiger partial charge on any atom is -0.492 e. The first kappa shape index (κ1) is 18.2. The summed E-state index contributed by atoms with van der Waals surface area (Å²) in [5, 5.41) is 2.77. The third kappa shape index (κ3) is 3.80. The molecular formula is C19H18ClFN2O3. The van der Waals surface area contributed by atoms with Crippen LogP contribution in [0, 0.1) is 11.7 Å². The molecule has 0 aliphatic carbocycles. The highest BCUT2D eigenvalue weighted by atomic mass is 35.5. The summed E-state index contributed by atoms with van der Waals surface area (Å²) in [5.41, 5.74) is 0.673. The second kappa shape index (κ2) is 7.74. The summed E-state index contributed by atoms with van der Waals surface area (Å²) in [6, 6.07) is 11.2. The average molecular weight is 377 g/mol. The van der Waals surface area contributed by atoms with Crippen LogP contribution in [0.2, 0.25) is 5.02 Å². The summed E-state index contributed by atoms with van der Waals surface area (Å²) in [5.74, 6) is -1.18. The lowest BCUT2D eigenvalue weighted by Crippen LogP contribution is -2.28. The third-order valence-electron chi connectivity index (χ3n) is 4.14. The van der Waals surface area contributed by atoms with Gasteiger partial charge in [0, 0.05) is 18.0 Å². The predicted molar refractivity (Wildman–Crippen MR) is 98.1 cm³/mol. The molecule has 1 fully saturated rings. The molecule has 0 saturated carbocycles. The van der Waals surface area contributed by atoms with E-state index in [4.69, 9.17) is 16.3 Å². The predicted octanol–water partition coefficient (Wildman–Crippen LogP) is 3.87. The van der Waals surface area contributed by atoms with Crippen molar-refractivity contribution in [3.05, 3.63) is 53.3 Å². The molecule has 1 N–H and O–H groups in total. The van der Waals surface area contributed by atoms with Gasteiger partial charge >= 0.3 is 0 Å². The molecule has 2 amide bonds. The van der Waals surface area contributed by atoms with Gasteiger partial charge in [-0.15, -0.1) is 0 Å². The van der Waals surface area contributed by atoms with Crippen molar-refractivity contribution in [3.63, 3.8) is 0 Å². The van der Waals surface area contributed by atoms with Crippen LogP contribution >= 0.6 is 11.6 Å². The van der Waals surface area contributed by atoms with Gasteiger partial charge < -0.3 is 15.0 Å². The summed E-state index contributed by atoms with van der Waals surface area (Å²) < 4.78 is 19.4. The molecule has 0 radical (unpaired) electrons. The molecule has 1 saturated heterocycles. The second-order valence-corrected chi connectivity index (χ2v) is 6.36. The van der Waals surface area contributed by atoms with Gasteiger partial charge in [-0.2, -0.15) is 0 Å². The number of nitrogens with zero attached hydrogens (tertiary/aromatic N) is 1. The fourth-order valence-corrected chi connectivity index (χ4v) is 3.06. The summed E-state index contributed by atoms with van der Waals surface area (Å²) >= 11 is 5.71. The molecule has 7 heteroatoms. The number of para-hydroxylation sites is 2. The van der Waals surface area contributed by atoms with Crippen LogP contribution in [0.1, 0.15) is 13.3 Å². The van der Waals surface area contributed by atoms with Crippen molar-refractivity contribution in [2.45, 2.75) is 13.3 Å². The van der Waals surface area contributed by atoms with Crippen molar-refractivity contribution in [2.75, 3.05) is 23.4 Å². The summed E-state index contributed by atoms with van der Waals surface area (Å²) in [4.78, 5) is 26.4. The Kier molecular flexibility index (Phi) is 5.42. The molecule has 0 aromatic heterocycles. The molecule has 0 bridgehead atoms. The normalized spacial score (nSPS) is 16.7. The highest BCUT2D eigenvalue weighted by Gasteiger charge is 2.36. The van der Waals surface area contributed by atoms with Crippen LogP contribution in [0.4, 0.5) is 15.8 Å². The van der Waals surface area contributed by atoms with Gasteiger partial charge in [-0.3, -0.25) is 9.59 Å². The van der Waals surface area contributed by atoms with Gasteiger partial charge in [-0.05, 0) is 37.3 Å². The number of benzene rings is 2. The Labute approximate surface area is 155 Å². The lowest BCUT2D eigenvalue weighted by molar-refractivity contribution is -0.122. The van der Waals surface area contributed by atoms with Crippen molar-refractivity contribution < 1.29 is 18.7 Å². The summed E-state index contributed by atoms with van der Waals surface area (Å²) in [7, 11) is 0. The molecule has 2 aromatic carbocycles. The number of hydrogen-bond donors (Lipinski definition) is 1. The third-order valence-corrected chi connectivity index (χ3v) is 4.38. The standard InChI is InChI=1S/C19H18ClFN2O3/c1-2-26-17-6-4-3-5-16(17)23-11-12(9-18(23)24)19(25)22-15-8-7-13(20)10-14(15)21/h3-8,10,12H,2,9,11H2,1H3,(H,22,25). The van der Waals surface area contributed by atoms with Gasteiger partial charge in [-0.25, -0.2) is 4.39 Å². The number of hydrogen-bond acceptors (Lipinski definition) is 3. The number of anilines is 2. The van der Waals surface area contributed by atoms with E-state index in [0.29, 0.717) is 18.0 Å². The summed E-state index contributed by atoms with van der Waals surface area (Å²) in [6.45, 7) is 2.54. The molecule has 1 aliphatic rings. The van der Waals surface area contributed by atoms with E-state index in [0.717, 1.165) is 6.07 Å². The van der Waals surface area contributed by atoms with Gasteiger partial charge in [0.05, 0.1) is 23.9 Å². The van der Waals surface area contributed by atoms with Gasteiger partial charge in [0.2, 0.25) is 11.8 Å². The van der Waals surface area contributed by atoms with E-state index in [9.17, 15) is 14.0 Å². The van der Waals surface area contributed by atoms with Crippen LogP contribution in [-0.4, -0.2) is 25.0 Å². The lowest BCUT2D eigenvalue weighted by Gasteiger charge is -2.20. The lowest BCUT2D eigenvalue weighted by atomic mass is 10.1. The zero-order valence-electron chi connectivity index (χ0n) is 14.2. The molecule has 1 atom stereocenters. The first-order valence-corrected chi connectivity index (χ1v) is 8.65. The van der Waals surface area contributed by atoms with Gasteiger partial charge in [0.15, 0.2) is 0 Å². The van der Waals surface area contributed by atoms with Crippen LogP contribution in [0.5, 0.6) is 5.75 Å². The Morgan fingerprint density at radius 1 is 1.35 bits per heavy atom. The van der Waals surface area contributed by atoms with E-state index in [1.54, 1.807) is 12.1 Å². The van der Waals surface area contributed by atoms with Gasteiger partial charge in [0.1, 0.15) is 11.6 Å². The van der Waals surface area contributed by atoms with E-state index in [2.05, 4.69) is 5.32 Å². The number of carbonyl (C=O) groups excluding carboxylic acids is 2. The molecule has 2 aromatic rings. The minimum atomic E-state index is -0.617. The molecule has 3 rings (SSSR count). The fraction of sp³-hybridized carbons (Fsp3) is 0.263. The zero-order valence-corrected chi connectivity index (χ0v) is 14.9. The first-order valence-electron chi connectivity index (χ1n) is 8.27. The van der Waals surface area contributed by atoms with Crippen molar-refractivity contribution in [1.29, 1.82) is 0 Å². The molecule has 0 spiro atoms. The molecule has 136 valence electrons. The van der Waals surface area contributed by atoms with Crippen LogP contribution in [0.3, 0.4) is 0 Å². The smallest absolute Gasteiger partial charge is 0.229 e. The van der Waals surface area contributed by atoms with E-state index in [1.807, 2.05) is 19.1 Å². The molecule has 1 unspecified atom stereocenters. The molecule has 1 aliphatic heterocycles. The van der Waals surface area contributed by atoms with E-state index in [-0.39, 0.29) is 29.6 Å². The number of rotatable bonds is 5. The first-order chi connectivity index (χ1) is 12.5. The Bertz CT molecular complexity index is 843. The van der Waals surface area contributed by atoms with E-state index < -0.39 is 17.6 Å². The maximum absolute atomic E-state index is 13.9. The number of halogens is 2. The van der Waals surface area contributed by atoms with Gasteiger partial charge in [0.25, 0.3) is 0 Å². The molecular weight excluding hydrogens is 359 g/mol. The highest BCUT2D eigenvalue weighted by molar-refractivity contribution is 6.30. The fourth-order valence-electron chi connectivity index (χ4n) is 2.90. The highest BCUT2D eigenvalue weighted by Crippen LogP contribution is 2.33.